The van der Waals surface area contributed by atoms with Gasteiger partial charge in [0.05, 0.1) is 92.5 Å². The van der Waals surface area contributed by atoms with Crippen molar-refractivity contribution in [2.75, 3.05) is 44.0 Å². The third-order valence-electron chi connectivity index (χ3n) is 11.1. The van der Waals surface area contributed by atoms with Crippen molar-refractivity contribution in [1.82, 2.24) is 29.3 Å². The van der Waals surface area contributed by atoms with Gasteiger partial charge in [-0.1, -0.05) is 90.2 Å². The van der Waals surface area contributed by atoms with Crippen LogP contribution in [0.1, 0.15) is 121 Å². The molecular formula is C61H79BIN7Na2O15. The fourth-order valence-corrected chi connectivity index (χ4v) is 7.48. The molecule has 0 amide bonds. The monoisotopic (exact) mass is 1330 g/mol. The summed E-state index contributed by atoms with van der Waals surface area (Å²) < 4.78 is 31.4. The molecule has 8 rings (SSSR count). The van der Waals surface area contributed by atoms with Gasteiger partial charge in [-0.05, 0) is 155 Å². The van der Waals surface area contributed by atoms with Crippen molar-refractivity contribution in [3.05, 3.63) is 183 Å². The Morgan fingerprint density at radius 3 is 1.25 bits per heavy atom. The first-order chi connectivity index (χ1) is 40.3. The molecule has 1 aliphatic rings. The number of ether oxygens (including phenoxy) is 5. The first-order valence-corrected chi connectivity index (χ1v) is 28.7. The van der Waals surface area contributed by atoms with E-state index in [1.807, 2.05) is 101 Å². The van der Waals surface area contributed by atoms with Crippen LogP contribution in [0.2, 0.25) is 0 Å². The normalized spacial score (nSPS) is 10.6. The molecule has 4 aromatic carbocycles. The molecule has 460 valence electrons. The molecule has 7 aromatic rings. The number of benzene rings is 4. The number of carboxylic acids is 1. The summed E-state index contributed by atoms with van der Waals surface area (Å²) in [5.41, 5.74) is 10.8. The Labute approximate surface area is 568 Å². The molecule has 4 heterocycles. The minimum absolute atomic E-state index is 0. The van der Waals surface area contributed by atoms with Crippen molar-refractivity contribution >= 4 is 64.8 Å². The average molecular weight is 1330 g/mol. The smallest absolute Gasteiger partial charge is 1.00 e. The number of aliphatic hydroxyl groups is 2. The van der Waals surface area contributed by atoms with E-state index in [2.05, 4.69) is 49.8 Å². The maximum Gasteiger partial charge on any atom is 1.00 e. The van der Waals surface area contributed by atoms with E-state index in [1.54, 1.807) is 87.0 Å². The van der Waals surface area contributed by atoms with Crippen LogP contribution in [0.4, 0.5) is 0 Å². The van der Waals surface area contributed by atoms with Crippen LogP contribution in [-0.2, 0) is 54.9 Å². The Bertz CT molecular complexity index is 3270. The van der Waals surface area contributed by atoms with E-state index in [1.165, 1.54) is 13.8 Å². The third-order valence-corrected chi connectivity index (χ3v) is 11.1. The van der Waals surface area contributed by atoms with Gasteiger partial charge in [0.2, 0.25) is 0 Å². The van der Waals surface area contributed by atoms with E-state index in [0.717, 1.165) is 50.9 Å². The molecule has 0 saturated heterocycles. The summed E-state index contributed by atoms with van der Waals surface area (Å²) in [5, 5.41) is 57.3. The topological polar surface area (TPSA) is 311 Å². The molecule has 3 aromatic heterocycles. The Kier molecular flexibility index (Phi) is 41.8. The number of aromatic nitrogens is 6. The number of aliphatic imine (C=N–C) groups is 1. The van der Waals surface area contributed by atoms with Crippen LogP contribution >= 0.6 is 22.6 Å². The third kappa shape index (κ3) is 28.1. The van der Waals surface area contributed by atoms with Crippen molar-refractivity contribution < 1.29 is 134 Å². The number of carboxylic acid groups (broad SMARTS) is 1. The van der Waals surface area contributed by atoms with Gasteiger partial charge in [0, 0.05) is 18.9 Å². The number of aromatic carboxylic acids is 1. The van der Waals surface area contributed by atoms with Gasteiger partial charge in [0.15, 0.2) is 17.1 Å². The Balaban J connectivity index is 0. The summed E-state index contributed by atoms with van der Waals surface area (Å²) in [6.07, 6.45) is 1.76. The number of alkyl halides is 1. The molecule has 0 spiro atoms. The van der Waals surface area contributed by atoms with Gasteiger partial charge in [0.1, 0.15) is 0 Å². The zero-order chi connectivity index (χ0) is 62.1. The molecule has 6 N–H and O–H groups in total. The molecule has 0 saturated carbocycles. The van der Waals surface area contributed by atoms with E-state index in [4.69, 9.17) is 49.1 Å². The number of carbonyl (C=O) groups excluding carboxylic acids is 3. The number of halogens is 1. The number of nitrogens with zero attached hydrogens (tertiary/aromatic N) is 7. The van der Waals surface area contributed by atoms with E-state index in [0.29, 0.717) is 86.5 Å². The predicted octanol–water partition coefficient (Wildman–Crippen LogP) is 2.35. The summed E-state index contributed by atoms with van der Waals surface area (Å²) in [7, 11) is -1.46. The molecule has 1 aliphatic heterocycles. The van der Waals surface area contributed by atoms with Gasteiger partial charge >= 0.3 is 90.1 Å². The summed E-state index contributed by atoms with van der Waals surface area (Å²) >= 11 is 2.29. The summed E-state index contributed by atoms with van der Waals surface area (Å²) in [6, 6.07) is 34.0. The second kappa shape index (κ2) is 44.7. The molecule has 0 atom stereocenters. The predicted molar refractivity (Wildman–Crippen MR) is 333 cm³/mol. The second-order valence-corrected chi connectivity index (χ2v) is 19.4. The van der Waals surface area contributed by atoms with Crippen LogP contribution < -0.4 is 64.6 Å². The number of allylic oxidation sites excluding steroid dienone is 1. The van der Waals surface area contributed by atoms with Crippen LogP contribution in [-0.4, -0.2) is 141 Å². The van der Waals surface area contributed by atoms with Gasteiger partial charge in [0.25, 0.3) is 0 Å². The van der Waals surface area contributed by atoms with Gasteiger partial charge in [-0.25, -0.2) is 33.2 Å². The number of rotatable bonds is 19. The molecule has 0 fully saturated rings. The summed E-state index contributed by atoms with van der Waals surface area (Å²) in [4.78, 5) is 50.1. The molecular weight excluding hydrogens is 1250 g/mol. The van der Waals surface area contributed by atoms with Gasteiger partial charge in [-0.15, -0.1) is 0 Å². The zero-order valence-corrected chi connectivity index (χ0v) is 57.9. The number of carbonyl (C=O) groups is 4. The van der Waals surface area contributed by atoms with Crippen molar-refractivity contribution in [2.24, 2.45) is 4.99 Å². The van der Waals surface area contributed by atoms with Gasteiger partial charge < -0.3 is 56.0 Å². The Morgan fingerprint density at radius 1 is 0.540 bits per heavy atom. The quantitative estimate of drug-likeness (QED) is 0.0255. The fourth-order valence-electron chi connectivity index (χ4n) is 7.48. The summed E-state index contributed by atoms with van der Waals surface area (Å²) in [5.74, 6) is -2.00. The zero-order valence-electron chi connectivity index (χ0n) is 52.8. The Morgan fingerprint density at radius 2 is 0.897 bits per heavy atom. The molecule has 22 nitrogen and oxygen atoms in total. The van der Waals surface area contributed by atoms with Crippen LogP contribution in [0.15, 0.2) is 132 Å². The molecule has 0 radical (unpaired) electrons. The van der Waals surface area contributed by atoms with Crippen LogP contribution in [0.25, 0.3) is 17.1 Å². The second-order valence-electron chi connectivity index (χ2n) is 17.8. The van der Waals surface area contributed by atoms with E-state index < -0.39 is 19.1 Å². The van der Waals surface area contributed by atoms with Crippen molar-refractivity contribution in [1.29, 1.82) is 0 Å². The fraction of sp³-hybridized carbons (Fsp3) is 0.344. The van der Waals surface area contributed by atoms with Gasteiger partial charge in [-0.2, -0.15) is 15.3 Å². The molecule has 0 bridgehead atoms. The number of hydrogen-bond acceptors (Lipinski definition) is 18. The number of esters is 3. The first kappa shape index (κ1) is 81.3. The first-order valence-electron chi connectivity index (χ1n) is 27.1. The minimum Gasteiger partial charge on any atom is -1.00 e. The standard InChI is InChI=1S/C16H20N2O3.2C14H16N2O3.C8H11NO2.C7H9BO3.C2H5I.2Na.H2O.H/c1-4-20-11-13-7-6-8-14(10-13)18-15(9-12(3)17-18)16(19)21-5-2;1-3-19-9-11-5-4-6-12(8-11)16-13(14(17)18)7-10(2)15-16;1-3-19-14(18)13-7-10(2)15-16(13)12-6-4-5-11(8-12)9-17;1-3-11-8(10)7-4-6(2)9-5-7;9-5-6-2-1-3-7(4-6)8(10)11;1-2-3;;;;/h6-10H,4-5,11H2,1-3H3;4-8H,3,9H2,1-2H3,(H,17,18);4-8,17H,3,9H2,1-2H3;4H,3,5H2,1-2H3;1-4,9-11H,5H2;2H2,1H3;;;1H2;/q;;;;;;2*+1;;-1/p-1. The largest absolute Gasteiger partial charge is 1.00 e. The van der Waals surface area contributed by atoms with E-state index in [-0.39, 0.29) is 96.9 Å². The molecule has 0 aliphatic carbocycles. The number of hydrogen-bond donors (Lipinski definition) is 5. The maximum atomic E-state index is 12.0. The van der Waals surface area contributed by atoms with Gasteiger partial charge in [-0.3, -0.25) is 4.99 Å². The Hall–Kier alpha value is -5.69. The maximum absolute atomic E-state index is 12.0. The molecule has 87 heavy (non-hydrogen) atoms. The number of aryl methyl sites for hydroxylation is 3. The van der Waals surface area contributed by atoms with Crippen molar-refractivity contribution in [3.8, 4) is 17.1 Å². The molecule has 26 heteroatoms. The average Bonchev–Trinajstić information content (AvgIpc) is 4.47. The van der Waals surface area contributed by atoms with Crippen LogP contribution in [0, 0.1) is 20.8 Å². The van der Waals surface area contributed by atoms with Crippen LogP contribution in [0.5, 0.6) is 0 Å². The van der Waals surface area contributed by atoms with Crippen molar-refractivity contribution in [2.45, 2.75) is 95.7 Å². The minimum atomic E-state index is -1.46. The number of aliphatic hydroxyl groups excluding tert-OH is 2. The van der Waals surface area contributed by atoms with Crippen LogP contribution in [0.3, 0.4) is 0 Å². The summed E-state index contributed by atoms with van der Waals surface area (Å²) in [6.45, 7) is 22.4. The molecule has 0 unspecified atom stereocenters. The van der Waals surface area contributed by atoms with E-state index >= 15 is 0 Å². The van der Waals surface area contributed by atoms with E-state index in [9.17, 15) is 19.2 Å². The van der Waals surface area contributed by atoms with Crippen molar-refractivity contribution in [3.63, 3.8) is 0 Å². The SMILES string of the molecule is CCI.CCOC(=O)C1=CC(C)=NC1.CCOC(=O)c1cc(C)nn1-c1cccc(CO)c1.CCOCc1cccc(-n2nc(C)cc2C(=O)O)c1.CCOCc1cccc(-n2nc(C)cc2C(=O)OCC)c1.OCc1cccc(B(O)O)c1.[H-].[Na+].[Na+].[OH-].